The van der Waals surface area contributed by atoms with Crippen LogP contribution < -0.4 is 0 Å². The molecule has 1 rings (SSSR count). The topological polar surface area (TPSA) is 37.4 Å². The van der Waals surface area contributed by atoms with E-state index < -0.39 is 0 Å². The molecule has 1 unspecified atom stereocenters. The fourth-order valence-electron chi connectivity index (χ4n) is 1.19. The minimum absolute atomic E-state index is 0.0615. The predicted molar refractivity (Wildman–Crippen MR) is 41.0 cm³/mol. The van der Waals surface area contributed by atoms with E-state index in [9.17, 15) is 9.59 Å². The highest BCUT2D eigenvalue weighted by Crippen LogP contribution is 2.17. The molecule has 0 aliphatic carbocycles. The van der Waals surface area contributed by atoms with E-state index in [0.717, 1.165) is 6.42 Å². The first kappa shape index (κ1) is 7.98. The second-order valence-corrected chi connectivity index (χ2v) is 2.65. The van der Waals surface area contributed by atoms with Gasteiger partial charge in [0.1, 0.15) is 0 Å². The lowest BCUT2D eigenvalue weighted by Crippen LogP contribution is -2.53. The van der Waals surface area contributed by atoms with Crippen molar-refractivity contribution >= 4 is 11.7 Å². The normalized spacial score (nSPS) is 22.3. The van der Waals surface area contributed by atoms with Crippen LogP contribution in [0.25, 0.3) is 0 Å². The summed E-state index contributed by atoms with van der Waals surface area (Å²) in [6.07, 6.45) is 2.05. The lowest BCUT2D eigenvalue weighted by molar-refractivity contribution is -0.141. The molecule has 1 aliphatic heterocycles. The largest absolute Gasteiger partial charge is 0.329 e. The molecule has 0 radical (unpaired) electrons. The van der Waals surface area contributed by atoms with Gasteiger partial charge in [0.2, 0.25) is 5.91 Å². The van der Waals surface area contributed by atoms with Gasteiger partial charge in [0, 0.05) is 6.54 Å². The smallest absolute Gasteiger partial charge is 0.246 e. The highest BCUT2D eigenvalue weighted by Gasteiger charge is 2.33. The molecule has 3 heteroatoms. The molecule has 0 saturated carbocycles. The number of Topliss-reactive ketones (excluding diaryl/α,β-unsaturated/α-hetero) is 1. The summed E-state index contributed by atoms with van der Waals surface area (Å²) in [7, 11) is 0. The van der Waals surface area contributed by atoms with E-state index in [-0.39, 0.29) is 17.7 Å². The van der Waals surface area contributed by atoms with Gasteiger partial charge in [0.15, 0.2) is 5.78 Å². The fraction of sp³-hybridized carbons (Fsp3) is 0.500. The lowest BCUT2D eigenvalue weighted by Gasteiger charge is -2.38. The van der Waals surface area contributed by atoms with Gasteiger partial charge in [-0.05, 0) is 19.4 Å². The Labute approximate surface area is 65.7 Å². The number of likely N-dealkylation sites (tertiary alicyclic amines) is 1. The highest BCUT2D eigenvalue weighted by molar-refractivity contribution is 5.93. The molecule has 0 aromatic heterocycles. The molecule has 0 bridgehead atoms. The van der Waals surface area contributed by atoms with E-state index in [1.165, 1.54) is 17.9 Å². The number of amides is 1. The molecule has 60 valence electrons. The van der Waals surface area contributed by atoms with Crippen LogP contribution in [-0.2, 0) is 9.59 Å². The Morgan fingerprint density at radius 2 is 2.27 bits per heavy atom. The molecule has 1 heterocycles. The standard InChI is InChI=1S/C8H11NO2/c1-3-8(11)9-5-4-7(9)6(2)10/h3,7H,1,4-5H2,2H3. The molecule has 1 amide bonds. The Bertz CT molecular complexity index is 210. The van der Waals surface area contributed by atoms with Crippen molar-refractivity contribution in [2.45, 2.75) is 19.4 Å². The molecule has 0 spiro atoms. The number of nitrogens with zero attached hydrogens (tertiary/aromatic N) is 1. The van der Waals surface area contributed by atoms with Gasteiger partial charge < -0.3 is 4.90 Å². The number of ketones is 1. The first-order chi connectivity index (χ1) is 5.16. The van der Waals surface area contributed by atoms with Gasteiger partial charge in [-0.15, -0.1) is 0 Å². The molecule has 0 aromatic carbocycles. The first-order valence-electron chi connectivity index (χ1n) is 3.60. The first-order valence-corrected chi connectivity index (χ1v) is 3.60. The van der Waals surface area contributed by atoms with Crippen molar-refractivity contribution in [3.8, 4) is 0 Å². The SMILES string of the molecule is C=CC(=O)N1CCC1C(C)=O. The molecule has 1 aliphatic rings. The Morgan fingerprint density at radius 1 is 1.64 bits per heavy atom. The van der Waals surface area contributed by atoms with E-state index in [2.05, 4.69) is 6.58 Å². The summed E-state index contributed by atoms with van der Waals surface area (Å²) in [5.74, 6) is -0.0806. The van der Waals surface area contributed by atoms with Crippen molar-refractivity contribution < 1.29 is 9.59 Å². The minimum Gasteiger partial charge on any atom is -0.329 e. The zero-order valence-corrected chi connectivity index (χ0v) is 6.54. The second kappa shape index (κ2) is 2.86. The van der Waals surface area contributed by atoms with Gasteiger partial charge in [-0.3, -0.25) is 9.59 Å². The number of rotatable bonds is 2. The van der Waals surface area contributed by atoms with E-state index in [1.807, 2.05) is 0 Å². The highest BCUT2D eigenvalue weighted by atomic mass is 16.2. The number of carbonyl (C=O) groups excluding carboxylic acids is 2. The van der Waals surface area contributed by atoms with Crippen LogP contribution >= 0.6 is 0 Å². The fourth-order valence-corrected chi connectivity index (χ4v) is 1.19. The maximum Gasteiger partial charge on any atom is 0.246 e. The predicted octanol–water partition coefficient (Wildman–Crippen LogP) is 0.362. The molecule has 1 saturated heterocycles. The lowest BCUT2D eigenvalue weighted by atomic mass is 9.99. The van der Waals surface area contributed by atoms with Crippen molar-refractivity contribution in [3.05, 3.63) is 12.7 Å². The quantitative estimate of drug-likeness (QED) is 0.537. The van der Waals surface area contributed by atoms with E-state index >= 15 is 0 Å². The molecule has 1 atom stereocenters. The van der Waals surface area contributed by atoms with Crippen molar-refractivity contribution in [1.82, 2.24) is 4.90 Å². The number of carbonyl (C=O) groups is 2. The summed E-state index contributed by atoms with van der Waals surface area (Å²) >= 11 is 0. The maximum atomic E-state index is 11.0. The third kappa shape index (κ3) is 1.31. The molecule has 1 fully saturated rings. The number of hydrogen-bond acceptors (Lipinski definition) is 2. The van der Waals surface area contributed by atoms with E-state index in [4.69, 9.17) is 0 Å². The van der Waals surface area contributed by atoms with Gasteiger partial charge in [-0.25, -0.2) is 0 Å². The van der Waals surface area contributed by atoms with Crippen LogP contribution in [0.3, 0.4) is 0 Å². The van der Waals surface area contributed by atoms with Crippen molar-refractivity contribution in [2.24, 2.45) is 0 Å². The average Bonchev–Trinajstić information content (AvgIpc) is 1.83. The molecular formula is C8H11NO2. The molecule has 0 aromatic rings. The van der Waals surface area contributed by atoms with Gasteiger partial charge >= 0.3 is 0 Å². The van der Waals surface area contributed by atoms with Crippen molar-refractivity contribution in [1.29, 1.82) is 0 Å². The molecule has 11 heavy (non-hydrogen) atoms. The Kier molecular flexibility index (Phi) is 2.08. The molecule has 0 N–H and O–H groups in total. The van der Waals surface area contributed by atoms with Crippen LogP contribution in [0.5, 0.6) is 0 Å². The summed E-state index contributed by atoms with van der Waals surface area (Å²) < 4.78 is 0. The Hall–Kier alpha value is -1.12. The van der Waals surface area contributed by atoms with E-state index in [1.54, 1.807) is 0 Å². The summed E-state index contributed by atoms with van der Waals surface area (Å²) in [5.41, 5.74) is 0. The van der Waals surface area contributed by atoms with Crippen LogP contribution in [0.1, 0.15) is 13.3 Å². The third-order valence-corrected chi connectivity index (χ3v) is 1.95. The molecular weight excluding hydrogens is 142 g/mol. The summed E-state index contributed by atoms with van der Waals surface area (Å²) in [4.78, 5) is 23.3. The van der Waals surface area contributed by atoms with Crippen LogP contribution in [0.4, 0.5) is 0 Å². The average molecular weight is 153 g/mol. The monoisotopic (exact) mass is 153 g/mol. The Morgan fingerprint density at radius 3 is 2.55 bits per heavy atom. The molecule has 3 nitrogen and oxygen atoms in total. The number of hydrogen-bond donors (Lipinski definition) is 0. The summed E-state index contributed by atoms with van der Waals surface area (Å²) in [6, 6.07) is -0.180. The Balaban J connectivity index is 2.56. The van der Waals surface area contributed by atoms with Crippen molar-refractivity contribution in [3.63, 3.8) is 0 Å². The summed E-state index contributed by atoms with van der Waals surface area (Å²) in [6.45, 7) is 5.55. The van der Waals surface area contributed by atoms with Crippen LogP contribution in [0, 0.1) is 0 Å². The van der Waals surface area contributed by atoms with Gasteiger partial charge in [0.25, 0.3) is 0 Å². The van der Waals surface area contributed by atoms with Gasteiger partial charge in [0.05, 0.1) is 6.04 Å². The van der Waals surface area contributed by atoms with Crippen LogP contribution in [-0.4, -0.2) is 29.2 Å². The second-order valence-electron chi connectivity index (χ2n) is 2.65. The van der Waals surface area contributed by atoms with E-state index in [0.29, 0.717) is 6.54 Å². The van der Waals surface area contributed by atoms with Crippen molar-refractivity contribution in [2.75, 3.05) is 6.54 Å². The summed E-state index contributed by atoms with van der Waals surface area (Å²) in [5, 5.41) is 0. The third-order valence-electron chi connectivity index (χ3n) is 1.95. The minimum atomic E-state index is -0.180. The maximum absolute atomic E-state index is 11.0. The van der Waals surface area contributed by atoms with Crippen LogP contribution in [0.15, 0.2) is 12.7 Å². The zero-order valence-electron chi connectivity index (χ0n) is 6.54. The zero-order chi connectivity index (χ0) is 8.43. The van der Waals surface area contributed by atoms with Gasteiger partial charge in [-0.1, -0.05) is 6.58 Å². The van der Waals surface area contributed by atoms with Gasteiger partial charge in [-0.2, -0.15) is 0 Å². The van der Waals surface area contributed by atoms with Crippen LogP contribution in [0.2, 0.25) is 0 Å².